The van der Waals surface area contributed by atoms with Crippen LogP contribution < -0.4 is 0 Å². The van der Waals surface area contributed by atoms with E-state index >= 15 is 0 Å². The third-order valence-corrected chi connectivity index (χ3v) is 2.73. The maximum atomic E-state index is 12.7. The van der Waals surface area contributed by atoms with Crippen LogP contribution in [0.5, 0.6) is 0 Å². The molecule has 0 aliphatic carbocycles. The van der Waals surface area contributed by atoms with Crippen LogP contribution in [0.3, 0.4) is 0 Å². The molecule has 0 spiro atoms. The van der Waals surface area contributed by atoms with Gasteiger partial charge in [0.15, 0.2) is 11.6 Å². The number of nitrogens with zero attached hydrogens (tertiary/aromatic N) is 2. The Balaban J connectivity index is 2.20. The van der Waals surface area contributed by atoms with Gasteiger partial charge < -0.3 is 0 Å². The van der Waals surface area contributed by atoms with Crippen molar-refractivity contribution in [2.24, 2.45) is 5.92 Å². The van der Waals surface area contributed by atoms with Crippen molar-refractivity contribution in [2.45, 2.75) is 6.92 Å². The topological polar surface area (TPSA) is 59.9 Å². The molecule has 0 fully saturated rings. The van der Waals surface area contributed by atoms with Gasteiger partial charge in [-0.15, -0.1) is 0 Å². The summed E-state index contributed by atoms with van der Waals surface area (Å²) in [6.07, 6.45) is 3.93. The molecule has 0 radical (unpaired) electrons. The summed E-state index contributed by atoms with van der Waals surface area (Å²) < 4.78 is 12.7. The average Bonchev–Trinajstić information content (AvgIpc) is 2.46. The van der Waals surface area contributed by atoms with E-state index in [0.29, 0.717) is 5.56 Å². The third kappa shape index (κ3) is 2.88. The number of hydrogen-bond acceptors (Lipinski definition) is 4. The first kappa shape index (κ1) is 13.0. The Morgan fingerprint density at radius 2 is 1.79 bits per heavy atom. The molecule has 2 aromatic heterocycles. The summed E-state index contributed by atoms with van der Waals surface area (Å²) in [6.45, 7) is 1.51. The van der Waals surface area contributed by atoms with Crippen molar-refractivity contribution in [1.29, 1.82) is 0 Å². The predicted molar refractivity (Wildman–Crippen MR) is 66.3 cm³/mol. The second kappa shape index (κ2) is 5.48. The fourth-order valence-corrected chi connectivity index (χ4v) is 1.63. The van der Waals surface area contributed by atoms with Crippen molar-refractivity contribution in [1.82, 2.24) is 9.97 Å². The highest BCUT2D eigenvalue weighted by atomic mass is 19.1. The summed E-state index contributed by atoms with van der Waals surface area (Å²) in [4.78, 5) is 31.6. The van der Waals surface area contributed by atoms with Crippen molar-refractivity contribution in [3.05, 3.63) is 59.9 Å². The average molecular weight is 258 g/mol. The Labute approximate surface area is 109 Å². The van der Waals surface area contributed by atoms with Gasteiger partial charge in [0.05, 0.1) is 12.1 Å². The van der Waals surface area contributed by atoms with E-state index in [-0.39, 0.29) is 11.5 Å². The van der Waals surface area contributed by atoms with Gasteiger partial charge in [0.25, 0.3) is 0 Å². The number of ketones is 2. The molecule has 0 aliphatic heterocycles. The third-order valence-electron chi connectivity index (χ3n) is 2.73. The summed E-state index contributed by atoms with van der Waals surface area (Å²) in [5.41, 5.74) is 0.495. The van der Waals surface area contributed by atoms with Crippen LogP contribution in [0.25, 0.3) is 0 Å². The quantitative estimate of drug-likeness (QED) is 0.623. The molecule has 0 aliphatic rings. The minimum atomic E-state index is -0.861. The van der Waals surface area contributed by atoms with E-state index in [1.54, 1.807) is 12.1 Å². The predicted octanol–water partition coefficient (Wildman–Crippen LogP) is 2.32. The van der Waals surface area contributed by atoms with Crippen molar-refractivity contribution in [3.8, 4) is 0 Å². The first-order chi connectivity index (χ1) is 9.09. The molecule has 0 aromatic carbocycles. The summed E-state index contributed by atoms with van der Waals surface area (Å²) in [7, 11) is 0. The first-order valence-electron chi connectivity index (χ1n) is 5.69. The molecule has 2 heterocycles. The Morgan fingerprint density at radius 1 is 1.11 bits per heavy atom. The van der Waals surface area contributed by atoms with E-state index in [4.69, 9.17) is 0 Å². The lowest BCUT2D eigenvalue weighted by atomic mass is 9.94. The number of aromatic nitrogens is 2. The number of hydrogen-bond donors (Lipinski definition) is 0. The normalized spacial score (nSPS) is 11.9. The first-order valence-corrected chi connectivity index (χ1v) is 5.69. The molecule has 2 rings (SSSR count). The molecular formula is C14H11FN2O2. The van der Waals surface area contributed by atoms with Gasteiger partial charge in [-0.2, -0.15) is 0 Å². The number of carbonyl (C=O) groups is 2. The van der Waals surface area contributed by atoms with Gasteiger partial charge in [0.2, 0.25) is 0 Å². The van der Waals surface area contributed by atoms with Gasteiger partial charge in [0.1, 0.15) is 11.5 Å². The fraction of sp³-hybridized carbons (Fsp3) is 0.143. The second-order valence-corrected chi connectivity index (χ2v) is 4.05. The second-order valence-electron chi connectivity index (χ2n) is 4.05. The van der Waals surface area contributed by atoms with Crippen LogP contribution in [0, 0.1) is 11.7 Å². The zero-order valence-corrected chi connectivity index (χ0v) is 10.2. The molecule has 1 unspecified atom stereocenters. The van der Waals surface area contributed by atoms with Crippen LogP contribution >= 0.6 is 0 Å². The molecule has 1 atom stereocenters. The molecule has 0 saturated heterocycles. The minimum Gasteiger partial charge on any atom is -0.293 e. The number of pyridine rings is 2. The maximum absolute atomic E-state index is 12.7. The van der Waals surface area contributed by atoms with Gasteiger partial charge >= 0.3 is 0 Å². The van der Waals surface area contributed by atoms with Crippen molar-refractivity contribution in [2.75, 3.05) is 0 Å². The highest BCUT2D eigenvalue weighted by molar-refractivity contribution is 6.15. The van der Waals surface area contributed by atoms with E-state index in [1.807, 2.05) is 0 Å². The van der Waals surface area contributed by atoms with E-state index < -0.39 is 17.5 Å². The molecule has 0 bridgehead atoms. The summed E-state index contributed by atoms with van der Waals surface area (Å²) >= 11 is 0. The van der Waals surface area contributed by atoms with Crippen LogP contribution in [0.4, 0.5) is 4.39 Å². The Morgan fingerprint density at radius 3 is 2.37 bits per heavy atom. The van der Waals surface area contributed by atoms with Gasteiger partial charge in [-0.1, -0.05) is 0 Å². The van der Waals surface area contributed by atoms with E-state index in [0.717, 1.165) is 12.3 Å². The number of Topliss-reactive ketones (excluding diaryl/α,β-unsaturated/α-hetero) is 2. The fourth-order valence-electron chi connectivity index (χ4n) is 1.63. The highest BCUT2D eigenvalue weighted by Gasteiger charge is 2.24. The van der Waals surface area contributed by atoms with Crippen molar-refractivity contribution < 1.29 is 14.0 Å². The van der Waals surface area contributed by atoms with Crippen LogP contribution in [0.15, 0.2) is 42.9 Å². The SMILES string of the molecule is CC(C(=O)c1ccncc1)C(=O)c1ccc(F)cn1. The largest absolute Gasteiger partial charge is 0.293 e. The zero-order valence-electron chi connectivity index (χ0n) is 10.2. The molecule has 0 saturated carbocycles. The van der Waals surface area contributed by atoms with E-state index in [1.165, 1.54) is 25.4 Å². The molecule has 5 heteroatoms. The molecule has 0 N–H and O–H groups in total. The number of halogens is 1. The Kier molecular flexibility index (Phi) is 3.75. The lowest BCUT2D eigenvalue weighted by Gasteiger charge is -2.08. The van der Waals surface area contributed by atoms with Crippen LogP contribution in [-0.2, 0) is 0 Å². The highest BCUT2D eigenvalue weighted by Crippen LogP contribution is 2.13. The smallest absolute Gasteiger partial charge is 0.191 e. The molecule has 2 aromatic rings. The summed E-state index contributed by atoms with van der Waals surface area (Å²) in [5, 5.41) is 0. The summed E-state index contributed by atoms with van der Waals surface area (Å²) in [5.74, 6) is -2.12. The molecular weight excluding hydrogens is 247 g/mol. The maximum Gasteiger partial charge on any atom is 0.191 e. The van der Waals surface area contributed by atoms with Crippen LogP contribution in [0.1, 0.15) is 27.8 Å². The van der Waals surface area contributed by atoms with Crippen LogP contribution in [-0.4, -0.2) is 21.5 Å². The van der Waals surface area contributed by atoms with Crippen molar-refractivity contribution >= 4 is 11.6 Å². The zero-order chi connectivity index (χ0) is 13.8. The van der Waals surface area contributed by atoms with Gasteiger partial charge in [-0.3, -0.25) is 19.6 Å². The monoisotopic (exact) mass is 258 g/mol. The van der Waals surface area contributed by atoms with Gasteiger partial charge in [-0.05, 0) is 31.2 Å². The van der Waals surface area contributed by atoms with Crippen molar-refractivity contribution in [3.63, 3.8) is 0 Å². The van der Waals surface area contributed by atoms with E-state index in [9.17, 15) is 14.0 Å². The number of rotatable bonds is 4. The standard InChI is InChI=1S/C14H11FN2O2/c1-9(13(18)10-4-6-16-7-5-10)14(19)12-3-2-11(15)8-17-12/h2-9H,1H3. The summed E-state index contributed by atoms with van der Waals surface area (Å²) in [6, 6.07) is 5.51. The molecule has 96 valence electrons. The van der Waals surface area contributed by atoms with Gasteiger partial charge in [0, 0.05) is 18.0 Å². The molecule has 19 heavy (non-hydrogen) atoms. The van der Waals surface area contributed by atoms with Crippen LogP contribution in [0.2, 0.25) is 0 Å². The van der Waals surface area contributed by atoms with E-state index in [2.05, 4.69) is 9.97 Å². The number of carbonyl (C=O) groups excluding carboxylic acids is 2. The lowest BCUT2D eigenvalue weighted by Crippen LogP contribution is -2.22. The minimum absolute atomic E-state index is 0.0799. The Bertz CT molecular complexity index is 597. The Hall–Kier alpha value is -2.43. The molecule has 0 amide bonds. The molecule has 4 nitrogen and oxygen atoms in total. The lowest BCUT2D eigenvalue weighted by molar-refractivity contribution is 0.0817. The van der Waals surface area contributed by atoms with Gasteiger partial charge in [-0.25, -0.2) is 4.39 Å².